The molecule has 4 aromatic rings. The van der Waals surface area contributed by atoms with Crippen molar-refractivity contribution in [3.8, 4) is 0 Å². The fraction of sp³-hybridized carbons (Fsp3) is 0.107. The Bertz CT molecular complexity index is 1750. The lowest BCUT2D eigenvalue weighted by atomic mass is 10.2. The maximum atomic E-state index is 13.6. The van der Waals surface area contributed by atoms with Crippen LogP contribution in [0.25, 0.3) is 0 Å². The minimum atomic E-state index is -4.15. The zero-order valence-electron chi connectivity index (χ0n) is 21.4. The van der Waals surface area contributed by atoms with Crippen LogP contribution in [0.3, 0.4) is 0 Å². The molecule has 0 aliphatic rings. The van der Waals surface area contributed by atoms with Crippen molar-refractivity contribution in [1.29, 1.82) is 0 Å². The number of hydrogen-bond donors (Lipinski definition) is 2. The number of halogens is 2. The molecule has 4 rings (SSSR count). The highest BCUT2D eigenvalue weighted by Gasteiger charge is 2.28. The van der Waals surface area contributed by atoms with Crippen molar-refractivity contribution in [2.45, 2.75) is 23.6 Å². The second-order valence-corrected chi connectivity index (χ2v) is 12.9. The molecule has 0 aromatic heterocycles. The third kappa shape index (κ3) is 6.79. The van der Waals surface area contributed by atoms with Crippen molar-refractivity contribution in [1.82, 2.24) is 0 Å². The molecular weight excluding hydrogens is 577 g/mol. The average Bonchev–Trinajstić information content (AvgIpc) is 2.90. The first kappa shape index (κ1) is 29.1. The summed E-state index contributed by atoms with van der Waals surface area (Å²) in [6.07, 6.45) is 0. The van der Waals surface area contributed by atoms with Crippen molar-refractivity contribution >= 4 is 54.6 Å². The molecular formula is C28H25ClFN3O5S2. The van der Waals surface area contributed by atoms with Gasteiger partial charge in [-0.05, 0) is 92.2 Å². The molecule has 0 fully saturated rings. The van der Waals surface area contributed by atoms with E-state index in [1.165, 1.54) is 54.6 Å². The second kappa shape index (κ2) is 11.7. The van der Waals surface area contributed by atoms with E-state index in [0.717, 1.165) is 22.0 Å². The number of sulfonamides is 2. The van der Waals surface area contributed by atoms with Gasteiger partial charge in [-0.25, -0.2) is 21.2 Å². The molecule has 0 aliphatic heterocycles. The van der Waals surface area contributed by atoms with E-state index in [2.05, 4.69) is 10.0 Å². The van der Waals surface area contributed by atoms with Crippen LogP contribution in [-0.2, 0) is 24.8 Å². The monoisotopic (exact) mass is 601 g/mol. The quantitative estimate of drug-likeness (QED) is 0.254. The van der Waals surface area contributed by atoms with Gasteiger partial charge in [-0.2, -0.15) is 0 Å². The molecule has 0 atom stereocenters. The van der Waals surface area contributed by atoms with E-state index in [1.807, 2.05) is 6.92 Å². The standard InChI is InChI=1S/C28H25ClFN3O5S2/c1-19-3-13-26(14-4-19)40(37,38)33(27-17-21(29)6-5-20(27)2)18-28(34)31-23-11-15-25(16-12-23)39(35,36)32-24-9-7-22(30)8-10-24/h3-17,32H,18H2,1-2H3,(H,31,34). The third-order valence-electron chi connectivity index (χ3n) is 5.88. The van der Waals surface area contributed by atoms with Crippen molar-refractivity contribution in [2.75, 3.05) is 20.9 Å². The molecule has 2 N–H and O–H groups in total. The summed E-state index contributed by atoms with van der Waals surface area (Å²) < 4.78 is 69.0. The molecule has 0 bridgehead atoms. The van der Waals surface area contributed by atoms with Gasteiger partial charge in [0, 0.05) is 16.4 Å². The van der Waals surface area contributed by atoms with Crippen LogP contribution in [0.4, 0.5) is 21.5 Å². The Morgan fingerprint density at radius 1 is 0.800 bits per heavy atom. The van der Waals surface area contributed by atoms with E-state index >= 15 is 0 Å². The van der Waals surface area contributed by atoms with E-state index in [4.69, 9.17) is 11.6 Å². The fourth-order valence-corrected chi connectivity index (χ4v) is 6.47. The number of amides is 1. The highest BCUT2D eigenvalue weighted by atomic mass is 35.5. The topological polar surface area (TPSA) is 113 Å². The van der Waals surface area contributed by atoms with Gasteiger partial charge in [0.25, 0.3) is 20.0 Å². The molecule has 0 saturated carbocycles. The molecule has 8 nitrogen and oxygen atoms in total. The molecule has 0 heterocycles. The maximum absolute atomic E-state index is 13.6. The van der Waals surface area contributed by atoms with Crippen LogP contribution in [0, 0.1) is 19.7 Å². The van der Waals surface area contributed by atoms with Gasteiger partial charge in [0.2, 0.25) is 5.91 Å². The second-order valence-electron chi connectivity index (χ2n) is 8.94. The highest BCUT2D eigenvalue weighted by Crippen LogP contribution is 2.30. The van der Waals surface area contributed by atoms with Crippen LogP contribution >= 0.6 is 11.6 Å². The summed E-state index contributed by atoms with van der Waals surface area (Å²) in [5, 5.41) is 2.91. The number of aryl methyl sites for hydroxylation is 2. The van der Waals surface area contributed by atoms with Crippen LogP contribution in [0.5, 0.6) is 0 Å². The summed E-state index contributed by atoms with van der Waals surface area (Å²) in [5.74, 6) is -1.16. The number of nitrogens with one attached hydrogen (secondary N) is 2. The minimum Gasteiger partial charge on any atom is -0.325 e. The molecule has 0 aliphatic carbocycles. The van der Waals surface area contributed by atoms with E-state index in [9.17, 15) is 26.0 Å². The van der Waals surface area contributed by atoms with Crippen LogP contribution in [0.2, 0.25) is 5.02 Å². The molecule has 1 amide bonds. The summed E-state index contributed by atoms with van der Waals surface area (Å²) in [5.41, 5.74) is 2.15. The first-order valence-electron chi connectivity index (χ1n) is 11.9. The smallest absolute Gasteiger partial charge is 0.264 e. The van der Waals surface area contributed by atoms with Gasteiger partial charge in [-0.3, -0.25) is 13.8 Å². The SMILES string of the molecule is Cc1ccc(S(=O)(=O)N(CC(=O)Nc2ccc(S(=O)(=O)Nc3ccc(F)cc3)cc2)c2cc(Cl)ccc2C)cc1. The van der Waals surface area contributed by atoms with Crippen LogP contribution in [-0.4, -0.2) is 29.3 Å². The number of nitrogens with zero attached hydrogens (tertiary/aromatic N) is 1. The number of carbonyl (C=O) groups is 1. The average molecular weight is 602 g/mol. The molecule has 0 unspecified atom stereocenters. The third-order valence-corrected chi connectivity index (χ3v) is 9.29. The van der Waals surface area contributed by atoms with Crippen LogP contribution in [0.1, 0.15) is 11.1 Å². The van der Waals surface area contributed by atoms with Gasteiger partial charge in [-0.1, -0.05) is 35.4 Å². The Balaban J connectivity index is 1.55. The lowest BCUT2D eigenvalue weighted by Gasteiger charge is -2.26. The van der Waals surface area contributed by atoms with Gasteiger partial charge in [0.15, 0.2) is 0 Å². The van der Waals surface area contributed by atoms with Crippen molar-refractivity contribution in [2.24, 2.45) is 0 Å². The predicted octanol–water partition coefficient (Wildman–Crippen LogP) is 5.73. The molecule has 4 aromatic carbocycles. The van der Waals surface area contributed by atoms with Gasteiger partial charge in [-0.15, -0.1) is 0 Å². The molecule has 0 radical (unpaired) electrons. The first-order chi connectivity index (χ1) is 18.8. The zero-order chi connectivity index (χ0) is 29.1. The van der Waals surface area contributed by atoms with Gasteiger partial charge in [0.1, 0.15) is 12.4 Å². The lowest BCUT2D eigenvalue weighted by molar-refractivity contribution is -0.114. The summed E-state index contributed by atoms with van der Waals surface area (Å²) >= 11 is 6.16. The Labute approximate surface area is 237 Å². The highest BCUT2D eigenvalue weighted by molar-refractivity contribution is 7.93. The van der Waals surface area contributed by atoms with Crippen LogP contribution < -0.4 is 14.3 Å². The van der Waals surface area contributed by atoms with Crippen molar-refractivity contribution in [3.63, 3.8) is 0 Å². The summed E-state index contributed by atoms with van der Waals surface area (Å²) in [6.45, 7) is 2.97. The normalized spacial score (nSPS) is 11.6. The summed E-state index contributed by atoms with van der Waals surface area (Å²) in [4.78, 5) is 13.0. The first-order valence-corrected chi connectivity index (χ1v) is 15.2. The summed E-state index contributed by atoms with van der Waals surface area (Å²) in [6, 6.07) is 21.2. The molecule has 0 spiro atoms. The Kier molecular flexibility index (Phi) is 8.48. The van der Waals surface area contributed by atoms with Gasteiger partial charge >= 0.3 is 0 Å². The Morgan fingerprint density at radius 3 is 2.00 bits per heavy atom. The minimum absolute atomic E-state index is 0.00786. The zero-order valence-corrected chi connectivity index (χ0v) is 23.8. The fourth-order valence-electron chi connectivity index (χ4n) is 3.77. The van der Waals surface area contributed by atoms with Crippen molar-refractivity contribution in [3.05, 3.63) is 113 Å². The Hall–Kier alpha value is -3.93. The predicted molar refractivity (Wildman–Crippen MR) is 154 cm³/mol. The van der Waals surface area contributed by atoms with Gasteiger partial charge < -0.3 is 5.32 Å². The van der Waals surface area contributed by atoms with Gasteiger partial charge in [0.05, 0.1) is 15.5 Å². The van der Waals surface area contributed by atoms with Crippen molar-refractivity contribution < 1.29 is 26.0 Å². The number of benzene rings is 4. The molecule has 40 heavy (non-hydrogen) atoms. The van der Waals surface area contributed by atoms with E-state index in [0.29, 0.717) is 10.6 Å². The van der Waals surface area contributed by atoms with Crippen LogP contribution in [0.15, 0.2) is 101 Å². The number of hydrogen-bond acceptors (Lipinski definition) is 5. The molecule has 12 heteroatoms. The molecule has 0 saturated heterocycles. The largest absolute Gasteiger partial charge is 0.325 e. The van der Waals surface area contributed by atoms with E-state index in [-0.39, 0.29) is 26.9 Å². The van der Waals surface area contributed by atoms with E-state index < -0.39 is 38.3 Å². The number of anilines is 3. The lowest BCUT2D eigenvalue weighted by Crippen LogP contribution is -2.38. The maximum Gasteiger partial charge on any atom is 0.264 e. The Morgan fingerprint density at radius 2 is 1.38 bits per heavy atom. The summed E-state index contributed by atoms with van der Waals surface area (Å²) in [7, 11) is -8.13. The number of carbonyl (C=O) groups excluding carboxylic acids is 1. The molecule has 208 valence electrons. The number of rotatable bonds is 9. The van der Waals surface area contributed by atoms with E-state index in [1.54, 1.807) is 31.2 Å².